The second-order valence-corrected chi connectivity index (χ2v) is 6.14. The Bertz CT molecular complexity index is 427. The van der Waals surface area contributed by atoms with Crippen LogP contribution in [0.1, 0.15) is 50.2 Å². The molecule has 2 heterocycles. The van der Waals surface area contributed by atoms with Crippen molar-refractivity contribution in [2.24, 2.45) is 0 Å². The van der Waals surface area contributed by atoms with Gasteiger partial charge in [-0.25, -0.2) is 0 Å². The van der Waals surface area contributed by atoms with E-state index in [4.69, 9.17) is 0 Å². The Morgan fingerprint density at radius 3 is 3.11 bits per heavy atom. The lowest BCUT2D eigenvalue weighted by Crippen LogP contribution is -2.32. The van der Waals surface area contributed by atoms with Gasteiger partial charge >= 0.3 is 0 Å². The topological polar surface area (TPSA) is 15.3 Å². The summed E-state index contributed by atoms with van der Waals surface area (Å²) in [7, 11) is 0. The van der Waals surface area contributed by atoms with Crippen LogP contribution in [0.2, 0.25) is 0 Å². The molecule has 1 N–H and O–H groups in total. The average molecular weight is 258 g/mol. The normalized spacial score (nSPS) is 24.4. The van der Waals surface area contributed by atoms with Gasteiger partial charge < -0.3 is 5.32 Å². The molecule has 0 spiro atoms. The summed E-state index contributed by atoms with van der Waals surface area (Å²) in [6.45, 7) is 5.96. The Hall–Kier alpha value is -1.02. The van der Waals surface area contributed by atoms with Crippen molar-refractivity contribution >= 4 is 5.69 Å². The first-order chi connectivity index (χ1) is 9.34. The Kier molecular flexibility index (Phi) is 4.07. The number of likely N-dealkylation sites (tertiary alicyclic amines) is 1. The van der Waals surface area contributed by atoms with E-state index in [9.17, 15) is 0 Å². The first-order valence-electron chi connectivity index (χ1n) is 7.93. The van der Waals surface area contributed by atoms with Crippen LogP contribution in [0.25, 0.3) is 0 Å². The first-order valence-corrected chi connectivity index (χ1v) is 7.93. The number of rotatable bonds is 2. The van der Waals surface area contributed by atoms with Gasteiger partial charge in [-0.3, -0.25) is 4.90 Å². The largest absolute Gasteiger partial charge is 0.385 e. The molecular formula is C17H26N2. The van der Waals surface area contributed by atoms with E-state index in [1.807, 2.05) is 0 Å². The average Bonchev–Trinajstić information content (AvgIpc) is 2.65. The lowest BCUT2D eigenvalue weighted by molar-refractivity contribution is 0.204. The van der Waals surface area contributed by atoms with Crippen molar-refractivity contribution in [1.29, 1.82) is 0 Å². The predicted octanol–water partition coefficient (Wildman–Crippen LogP) is 3.81. The highest BCUT2D eigenvalue weighted by Crippen LogP contribution is 2.27. The highest BCUT2D eigenvalue weighted by molar-refractivity contribution is 5.56. The zero-order valence-electron chi connectivity index (χ0n) is 12.1. The van der Waals surface area contributed by atoms with Gasteiger partial charge in [-0.15, -0.1) is 0 Å². The fourth-order valence-corrected chi connectivity index (χ4v) is 3.52. The molecule has 2 nitrogen and oxygen atoms in total. The predicted molar refractivity (Wildman–Crippen MR) is 81.6 cm³/mol. The number of benzene rings is 1. The van der Waals surface area contributed by atoms with Crippen LogP contribution in [0.5, 0.6) is 0 Å². The van der Waals surface area contributed by atoms with E-state index in [0.717, 1.165) is 19.1 Å². The van der Waals surface area contributed by atoms with E-state index < -0.39 is 0 Å². The summed E-state index contributed by atoms with van der Waals surface area (Å²) in [5.74, 6) is 0. The van der Waals surface area contributed by atoms with Crippen molar-refractivity contribution in [3.8, 4) is 0 Å². The summed E-state index contributed by atoms with van der Waals surface area (Å²) in [6.07, 6.45) is 8.09. The molecule has 19 heavy (non-hydrogen) atoms. The van der Waals surface area contributed by atoms with E-state index >= 15 is 0 Å². The fraction of sp³-hybridized carbons (Fsp3) is 0.647. The summed E-state index contributed by atoms with van der Waals surface area (Å²) < 4.78 is 0. The molecule has 0 aliphatic carbocycles. The highest BCUT2D eigenvalue weighted by Gasteiger charge is 2.19. The summed E-state index contributed by atoms with van der Waals surface area (Å²) >= 11 is 0. The molecule has 1 saturated heterocycles. The summed E-state index contributed by atoms with van der Waals surface area (Å²) in [5.41, 5.74) is 4.51. The first kappa shape index (κ1) is 13.0. The molecule has 0 bridgehead atoms. The van der Waals surface area contributed by atoms with Crippen molar-refractivity contribution in [3.05, 3.63) is 29.3 Å². The number of nitrogens with zero attached hydrogens (tertiary/aromatic N) is 1. The minimum Gasteiger partial charge on any atom is -0.385 e. The third-order valence-electron chi connectivity index (χ3n) is 4.76. The van der Waals surface area contributed by atoms with Gasteiger partial charge in [0, 0.05) is 24.8 Å². The number of nitrogens with one attached hydrogen (secondary N) is 1. The van der Waals surface area contributed by atoms with Crippen LogP contribution in [0.3, 0.4) is 0 Å². The smallest absolute Gasteiger partial charge is 0.0375 e. The van der Waals surface area contributed by atoms with Gasteiger partial charge in [-0.2, -0.15) is 0 Å². The zero-order valence-corrected chi connectivity index (χ0v) is 12.1. The SMILES string of the molecule is CC1CCCCCN1Cc1cccc2c1CCCN2. The maximum atomic E-state index is 3.55. The van der Waals surface area contributed by atoms with Crippen molar-refractivity contribution in [1.82, 2.24) is 4.90 Å². The minimum absolute atomic E-state index is 0.745. The molecule has 1 unspecified atom stereocenters. The van der Waals surface area contributed by atoms with E-state index in [1.165, 1.54) is 50.8 Å². The van der Waals surface area contributed by atoms with Crippen molar-refractivity contribution in [2.45, 2.75) is 58.0 Å². The van der Waals surface area contributed by atoms with Gasteiger partial charge in [-0.05, 0) is 56.3 Å². The summed E-state index contributed by atoms with van der Waals surface area (Å²) in [4.78, 5) is 2.69. The van der Waals surface area contributed by atoms with Crippen molar-refractivity contribution in [3.63, 3.8) is 0 Å². The maximum absolute atomic E-state index is 3.55. The number of hydrogen-bond acceptors (Lipinski definition) is 2. The number of anilines is 1. The Morgan fingerprint density at radius 1 is 1.21 bits per heavy atom. The van der Waals surface area contributed by atoms with Crippen molar-refractivity contribution in [2.75, 3.05) is 18.4 Å². The molecule has 2 aliphatic rings. The Balaban J connectivity index is 1.78. The number of fused-ring (bicyclic) bond motifs is 1. The molecule has 1 fully saturated rings. The molecule has 0 amide bonds. The van der Waals surface area contributed by atoms with Crippen LogP contribution in [0.4, 0.5) is 5.69 Å². The third kappa shape index (κ3) is 2.94. The van der Waals surface area contributed by atoms with Crippen LogP contribution in [0.15, 0.2) is 18.2 Å². The molecule has 2 heteroatoms. The van der Waals surface area contributed by atoms with E-state index in [1.54, 1.807) is 11.1 Å². The third-order valence-corrected chi connectivity index (χ3v) is 4.76. The molecule has 104 valence electrons. The van der Waals surface area contributed by atoms with Crippen LogP contribution in [-0.4, -0.2) is 24.0 Å². The second-order valence-electron chi connectivity index (χ2n) is 6.14. The highest BCUT2D eigenvalue weighted by atomic mass is 15.1. The van der Waals surface area contributed by atoms with E-state index in [-0.39, 0.29) is 0 Å². The lowest BCUT2D eigenvalue weighted by atomic mass is 9.97. The van der Waals surface area contributed by atoms with Crippen LogP contribution < -0.4 is 5.32 Å². The fourth-order valence-electron chi connectivity index (χ4n) is 3.52. The van der Waals surface area contributed by atoms with Gasteiger partial charge in [-0.1, -0.05) is 25.0 Å². The lowest BCUT2D eigenvalue weighted by Gasteiger charge is -2.29. The van der Waals surface area contributed by atoms with Gasteiger partial charge in [0.25, 0.3) is 0 Å². The number of hydrogen-bond donors (Lipinski definition) is 1. The standard InChI is InChI=1S/C17H26N2/c1-14-7-3-2-4-12-19(14)13-15-8-5-10-17-16(15)9-6-11-18-17/h5,8,10,14,18H,2-4,6-7,9,11-13H2,1H3. The van der Waals surface area contributed by atoms with Gasteiger partial charge in [0.15, 0.2) is 0 Å². The second kappa shape index (κ2) is 5.96. The monoisotopic (exact) mass is 258 g/mol. The van der Waals surface area contributed by atoms with Gasteiger partial charge in [0.05, 0.1) is 0 Å². The van der Waals surface area contributed by atoms with E-state index in [2.05, 4.69) is 35.3 Å². The summed E-state index contributed by atoms with van der Waals surface area (Å²) in [5, 5.41) is 3.55. The minimum atomic E-state index is 0.745. The molecule has 1 aromatic rings. The molecule has 1 atom stereocenters. The Morgan fingerprint density at radius 2 is 2.16 bits per heavy atom. The van der Waals surface area contributed by atoms with Gasteiger partial charge in [0.2, 0.25) is 0 Å². The molecule has 0 radical (unpaired) electrons. The van der Waals surface area contributed by atoms with Crippen molar-refractivity contribution < 1.29 is 0 Å². The van der Waals surface area contributed by atoms with E-state index in [0.29, 0.717) is 0 Å². The zero-order chi connectivity index (χ0) is 13.1. The van der Waals surface area contributed by atoms with Gasteiger partial charge in [0.1, 0.15) is 0 Å². The molecule has 3 rings (SSSR count). The maximum Gasteiger partial charge on any atom is 0.0375 e. The Labute approximate surface area is 117 Å². The molecule has 0 aromatic heterocycles. The quantitative estimate of drug-likeness (QED) is 0.868. The van der Waals surface area contributed by atoms with Crippen LogP contribution >= 0.6 is 0 Å². The molecule has 1 aromatic carbocycles. The summed E-state index contributed by atoms with van der Waals surface area (Å²) in [6, 6.07) is 7.54. The van der Waals surface area contributed by atoms with Crippen LogP contribution in [0, 0.1) is 0 Å². The van der Waals surface area contributed by atoms with Crippen LogP contribution in [-0.2, 0) is 13.0 Å². The molecule has 2 aliphatic heterocycles. The molecular weight excluding hydrogens is 232 g/mol. The molecule has 0 saturated carbocycles.